The minimum absolute atomic E-state index is 0. The third kappa shape index (κ3) is 21.4. The van der Waals surface area contributed by atoms with Crippen LogP contribution in [0.3, 0.4) is 0 Å². The highest BCUT2D eigenvalue weighted by molar-refractivity contribution is 5.21. The Morgan fingerprint density at radius 3 is 0.880 bits per heavy atom. The molecule has 0 atom stereocenters. The molecule has 294 valence electrons. The van der Waals surface area contributed by atoms with Crippen LogP contribution in [0, 0.1) is 0 Å². The third-order valence-corrected chi connectivity index (χ3v) is 11.9. The van der Waals surface area contributed by atoms with Crippen LogP contribution >= 0.6 is 0 Å². The number of nitrogens with zero attached hydrogens (tertiary/aromatic N) is 2. The molecule has 2 aliphatic heterocycles. The van der Waals surface area contributed by atoms with E-state index in [1.54, 1.807) is 0 Å². The van der Waals surface area contributed by atoms with Crippen molar-refractivity contribution in [3.05, 3.63) is 35.4 Å². The van der Waals surface area contributed by atoms with E-state index < -0.39 is 0 Å². The van der Waals surface area contributed by atoms with Crippen LogP contribution in [-0.2, 0) is 22.6 Å². The average molecular weight is 742 g/mol. The first kappa shape index (κ1) is 47.7. The molecular weight excluding hydrogens is 659 g/mol. The van der Waals surface area contributed by atoms with Gasteiger partial charge in [0.15, 0.2) is 0 Å². The van der Waals surface area contributed by atoms with Gasteiger partial charge in [0, 0.05) is 11.1 Å². The van der Waals surface area contributed by atoms with Crippen molar-refractivity contribution in [2.24, 2.45) is 0 Å². The zero-order valence-electron chi connectivity index (χ0n) is 33.2. The van der Waals surface area contributed by atoms with Gasteiger partial charge in [-0.25, -0.2) is 0 Å². The number of benzene rings is 1. The molecule has 1 aromatic rings. The molecule has 2 heterocycles. The van der Waals surface area contributed by atoms with Crippen LogP contribution in [0.25, 0.3) is 0 Å². The van der Waals surface area contributed by atoms with Gasteiger partial charge >= 0.3 is 0 Å². The lowest BCUT2D eigenvalue weighted by atomic mass is 10.0. The Labute approximate surface area is 324 Å². The maximum Gasteiger partial charge on any atom is 0.104 e. The summed E-state index contributed by atoms with van der Waals surface area (Å²) in [6.45, 7) is 18.0. The second-order valence-corrected chi connectivity index (χ2v) is 16.2. The maximum absolute atomic E-state index is 5.85. The Bertz CT molecular complexity index is 800. The SMILES string of the molecule is CCCCCCCCCCCCCC[N+]1(Cc2ccc(C[N+]3(CCCCCCCCCCCCCC)CCOCC3)cc2)CCOCC1.[Cl-].[Cl-]. The lowest BCUT2D eigenvalue weighted by Gasteiger charge is -2.42. The molecule has 0 radical (unpaired) electrons. The summed E-state index contributed by atoms with van der Waals surface area (Å²) in [6, 6.07) is 9.86. The van der Waals surface area contributed by atoms with E-state index in [0.717, 1.165) is 26.4 Å². The molecule has 1 aromatic carbocycles. The minimum atomic E-state index is 0. The van der Waals surface area contributed by atoms with Gasteiger partial charge in [0.05, 0.1) is 39.5 Å². The lowest BCUT2D eigenvalue weighted by Crippen LogP contribution is -3.00. The molecule has 2 fully saturated rings. The number of rotatable bonds is 30. The summed E-state index contributed by atoms with van der Waals surface area (Å²) in [4.78, 5) is 0. The number of unbranched alkanes of at least 4 members (excludes halogenated alkanes) is 22. The third-order valence-electron chi connectivity index (χ3n) is 11.9. The monoisotopic (exact) mass is 741 g/mol. The van der Waals surface area contributed by atoms with Gasteiger partial charge in [-0.1, -0.05) is 167 Å². The van der Waals surface area contributed by atoms with Crippen molar-refractivity contribution in [3.63, 3.8) is 0 Å². The van der Waals surface area contributed by atoms with Gasteiger partial charge in [0.25, 0.3) is 0 Å². The largest absolute Gasteiger partial charge is 1.00 e. The molecule has 0 aromatic heterocycles. The Morgan fingerprint density at radius 1 is 0.380 bits per heavy atom. The van der Waals surface area contributed by atoms with Crippen molar-refractivity contribution in [2.45, 2.75) is 181 Å². The van der Waals surface area contributed by atoms with Gasteiger partial charge in [0.2, 0.25) is 0 Å². The van der Waals surface area contributed by atoms with Crippen LogP contribution < -0.4 is 24.8 Å². The molecule has 0 amide bonds. The average Bonchev–Trinajstić information content (AvgIpc) is 3.11. The first-order chi connectivity index (χ1) is 23.7. The van der Waals surface area contributed by atoms with Crippen molar-refractivity contribution in [1.29, 1.82) is 0 Å². The molecule has 0 N–H and O–H groups in total. The van der Waals surface area contributed by atoms with Crippen molar-refractivity contribution < 1.29 is 43.3 Å². The lowest BCUT2D eigenvalue weighted by molar-refractivity contribution is -0.948. The molecule has 0 spiro atoms. The number of morpholine rings is 2. The van der Waals surface area contributed by atoms with Gasteiger partial charge in [-0.15, -0.1) is 0 Å². The summed E-state index contributed by atoms with van der Waals surface area (Å²) >= 11 is 0. The van der Waals surface area contributed by atoms with Crippen LogP contribution in [0.4, 0.5) is 0 Å². The van der Waals surface area contributed by atoms with E-state index in [4.69, 9.17) is 9.47 Å². The number of quaternary nitrogens is 2. The zero-order chi connectivity index (χ0) is 33.9. The Morgan fingerprint density at radius 2 is 0.620 bits per heavy atom. The standard InChI is InChI=1S/C44H82N2O2.2ClH/c1-3-5-7-9-11-13-15-17-19-21-23-25-31-45(33-37-47-38-34-45)41-43-27-29-44(30-28-43)42-46(35-39-48-40-36-46)32-26-24-22-20-18-16-14-12-10-8-6-4-2;;/h27-30H,3-26,31-42H2,1-2H3;2*1H/q+2;;/p-2. The second kappa shape index (κ2) is 31.0. The van der Waals surface area contributed by atoms with E-state index in [1.807, 2.05) is 0 Å². The topological polar surface area (TPSA) is 18.5 Å². The van der Waals surface area contributed by atoms with Crippen molar-refractivity contribution >= 4 is 0 Å². The summed E-state index contributed by atoms with van der Waals surface area (Å²) in [6.07, 6.45) is 34.2. The van der Waals surface area contributed by atoms with E-state index in [9.17, 15) is 0 Å². The number of hydrogen-bond acceptors (Lipinski definition) is 2. The highest BCUT2D eigenvalue weighted by Gasteiger charge is 2.32. The van der Waals surface area contributed by atoms with Crippen LogP contribution in [0.5, 0.6) is 0 Å². The molecule has 4 nitrogen and oxygen atoms in total. The van der Waals surface area contributed by atoms with Gasteiger partial charge < -0.3 is 43.3 Å². The summed E-state index contributed by atoms with van der Waals surface area (Å²) < 4.78 is 14.2. The summed E-state index contributed by atoms with van der Waals surface area (Å²) in [7, 11) is 0. The first-order valence-corrected chi connectivity index (χ1v) is 21.6. The molecule has 2 saturated heterocycles. The number of halogens is 2. The van der Waals surface area contributed by atoms with Crippen LogP contribution in [0.15, 0.2) is 24.3 Å². The normalized spacial score (nSPS) is 16.8. The molecule has 0 bridgehead atoms. The fraction of sp³-hybridized carbons (Fsp3) is 0.864. The highest BCUT2D eigenvalue weighted by Crippen LogP contribution is 2.24. The molecule has 2 aliphatic rings. The fourth-order valence-electron chi connectivity index (χ4n) is 8.48. The molecule has 3 rings (SSSR count). The van der Waals surface area contributed by atoms with Crippen LogP contribution in [0.2, 0.25) is 0 Å². The molecule has 0 unspecified atom stereocenters. The molecule has 0 aliphatic carbocycles. The maximum atomic E-state index is 5.85. The smallest absolute Gasteiger partial charge is 0.104 e. The van der Waals surface area contributed by atoms with Crippen molar-refractivity contribution in [1.82, 2.24) is 0 Å². The minimum Gasteiger partial charge on any atom is -1.00 e. The Hall–Kier alpha value is -0.360. The molecular formula is C44H82Cl2N2O2. The van der Waals surface area contributed by atoms with Gasteiger partial charge in [0.1, 0.15) is 39.3 Å². The van der Waals surface area contributed by atoms with Crippen LogP contribution in [0.1, 0.15) is 179 Å². The Balaban J connectivity index is 0.00000625. The summed E-state index contributed by atoms with van der Waals surface area (Å²) in [5.41, 5.74) is 3.04. The van der Waals surface area contributed by atoms with E-state index in [1.165, 1.54) is 227 Å². The molecule has 50 heavy (non-hydrogen) atoms. The quantitative estimate of drug-likeness (QED) is 0.0735. The zero-order valence-corrected chi connectivity index (χ0v) is 34.7. The predicted molar refractivity (Wildman–Crippen MR) is 207 cm³/mol. The van der Waals surface area contributed by atoms with E-state index in [-0.39, 0.29) is 24.8 Å². The Kier molecular flexibility index (Phi) is 29.6. The number of hydrogen-bond donors (Lipinski definition) is 0. The van der Waals surface area contributed by atoms with Crippen molar-refractivity contribution in [2.75, 3.05) is 65.7 Å². The summed E-state index contributed by atoms with van der Waals surface area (Å²) in [5.74, 6) is 0. The highest BCUT2D eigenvalue weighted by atomic mass is 35.5. The molecule has 6 heteroatoms. The van der Waals surface area contributed by atoms with Crippen LogP contribution in [-0.4, -0.2) is 74.7 Å². The van der Waals surface area contributed by atoms with Gasteiger partial charge in [-0.05, 0) is 25.7 Å². The summed E-state index contributed by atoms with van der Waals surface area (Å²) in [5, 5.41) is 0. The van der Waals surface area contributed by atoms with E-state index in [0.29, 0.717) is 0 Å². The molecule has 0 saturated carbocycles. The number of ether oxygens (including phenoxy) is 2. The fourth-order valence-corrected chi connectivity index (χ4v) is 8.48. The van der Waals surface area contributed by atoms with Gasteiger partial charge in [-0.3, -0.25) is 0 Å². The van der Waals surface area contributed by atoms with E-state index >= 15 is 0 Å². The second-order valence-electron chi connectivity index (χ2n) is 16.2. The van der Waals surface area contributed by atoms with E-state index in [2.05, 4.69) is 38.1 Å². The van der Waals surface area contributed by atoms with Gasteiger partial charge in [-0.2, -0.15) is 0 Å². The van der Waals surface area contributed by atoms with Crippen molar-refractivity contribution in [3.8, 4) is 0 Å². The predicted octanol–water partition coefficient (Wildman–Crippen LogP) is 5.79. The first-order valence-electron chi connectivity index (χ1n) is 21.6.